The number of para-hydroxylation sites is 1. The Morgan fingerprint density at radius 1 is 1.33 bits per heavy atom. The van der Waals surface area contributed by atoms with Crippen molar-refractivity contribution in [2.45, 2.75) is 27.0 Å². The molecule has 0 fully saturated rings. The number of nitrogens with one attached hydrogen (secondary N) is 1. The van der Waals surface area contributed by atoms with Crippen LogP contribution in [0, 0.1) is 6.92 Å². The van der Waals surface area contributed by atoms with Gasteiger partial charge in [-0.05, 0) is 19.5 Å². The number of hydrogen-bond donors (Lipinski definition) is 1. The zero-order valence-electron chi connectivity index (χ0n) is 10.8. The van der Waals surface area contributed by atoms with Crippen molar-refractivity contribution in [1.29, 1.82) is 0 Å². The second kappa shape index (κ2) is 6.52. The van der Waals surface area contributed by atoms with Gasteiger partial charge >= 0.3 is 0 Å². The minimum atomic E-state index is 0.592. The number of thiazole rings is 1. The second-order valence-corrected chi connectivity index (χ2v) is 5.34. The molecule has 18 heavy (non-hydrogen) atoms. The zero-order valence-corrected chi connectivity index (χ0v) is 11.6. The van der Waals surface area contributed by atoms with Crippen molar-refractivity contribution in [2.75, 3.05) is 6.54 Å². The Bertz CT molecular complexity index is 496. The lowest BCUT2D eigenvalue weighted by atomic mass is 10.2. The van der Waals surface area contributed by atoms with Gasteiger partial charge in [0.25, 0.3) is 0 Å². The number of aromatic nitrogens is 1. The molecule has 1 aromatic carbocycles. The van der Waals surface area contributed by atoms with E-state index in [1.165, 1.54) is 5.56 Å². The first kappa shape index (κ1) is 13.1. The van der Waals surface area contributed by atoms with E-state index in [0.717, 1.165) is 28.7 Å². The summed E-state index contributed by atoms with van der Waals surface area (Å²) in [6, 6.07) is 8.15. The van der Waals surface area contributed by atoms with E-state index >= 15 is 0 Å². The maximum Gasteiger partial charge on any atom is 0.124 e. The second-order valence-electron chi connectivity index (χ2n) is 4.02. The molecule has 3 nitrogen and oxygen atoms in total. The third-order valence-electron chi connectivity index (χ3n) is 2.58. The molecule has 2 aromatic rings. The molecule has 1 N–H and O–H groups in total. The molecule has 0 radical (unpaired) electrons. The monoisotopic (exact) mass is 262 g/mol. The first-order chi connectivity index (χ1) is 8.79. The summed E-state index contributed by atoms with van der Waals surface area (Å²) in [5, 5.41) is 4.40. The maximum absolute atomic E-state index is 5.86. The predicted molar refractivity (Wildman–Crippen MR) is 75.0 cm³/mol. The number of hydrogen-bond acceptors (Lipinski definition) is 4. The Hall–Kier alpha value is -1.39. The fourth-order valence-corrected chi connectivity index (χ4v) is 2.38. The molecule has 0 bridgehead atoms. The lowest BCUT2D eigenvalue weighted by molar-refractivity contribution is 0.305. The SMILES string of the molecule is CCNCc1ccccc1OCc1cnc(C)s1. The van der Waals surface area contributed by atoms with Crippen LogP contribution in [-0.2, 0) is 13.2 Å². The van der Waals surface area contributed by atoms with Crippen molar-refractivity contribution in [1.82, 2.24) is 10.3 Å². The highest BCUT2D eigenvalue weighted by Gasteiger charge is 2.04. The van der Waals surface area contributed by atoms with Gasteiger partial charge in [-0.25, -0.2) is 4.98 Å². The highest BCUT2D eigenvalue weighted by molar-refractivity contribution is 7.11. The molecule has 0 spiro atoms. The van der Waals surface area contributed by atoms with Crippen molar-refractivity contribution >= 4 is 11.3 Å². The fraction of sp³-hybridized carbons (Fsp3) is 0.357. The van der Waals surface area contributed by atoms with Crippen LogP contribution in [0.4, 0.5) is 0 Å². The summed E-state index contributed by atoms with van der Waals surface area (Å²) < 4.78 is 5.86. The minimum Gasteiger partial charge on any atom is -0.488 e. The van der Waals surface area contributed by atoms with E-state index in [-0.39, 0.29) is 0 Å². The summed E-state index contributed by atoms with van der Waals surface area (Å²) >= 11 is 1.68. The molecule has 96 valence electrons. The van der Waals surface area contributed by atoms with Crippen LogP contribution in [0.25, 0.3) is 0 Å². The summed E-state index contributed by atoms with van der Waals surface area (Å²) in [6.07, 6.45) is 1.88. The molecule has 0 saturated heterocycles. The molecule has 0 aliphatic heterocycles. The Morgan fingerprint density at radius 3 is 2.89 bits per heavy atom. The van der Waals surface area contributed by atoms with E-state index in [2.05, 4.69) is 23.3 Å². The van der Waals surface area contributed by atoms with Gasteiger partial charge in [0.05, 0.1) is 9.88 Å². The molecule has 0 aliphatic carbocycles. The van der Waals surface area contributed by atoms with Gasteiger partial charge in [-0.2, -0.15) is 0 Å². The average Bonchev–Trinajstić information content (AvgIpc) is 2.81. The fourth-order valence-electron chi connectivity index (χ4n) is 1.67. The van der Waals surface area contributed by atoms with Crippen LogP contribution < -0.4 is 10.1 Å². The average molecular weight is 262 g/mol. The van der Waals surface area contributed by atoms with Crippen LogP contribution in [0.1, 0.15) is 22.4 Å². The van der Waals surface area contributed by atoms with Gasteiger partial charge in [-0.15, -0.1) is 11.3 Å². The topological polar surface area (TPSA) is 34.1 Å². The van der Waals surface area contributed by atoms with Crippen molar-refractivity contribution in [3.63, 3.8) is 0 Å². The van der Waals surface area contributed by atoms with E-state index in [9.17, 15) is 0 Å². The van der Waals surface area contributed by atoms with Gasteiger partial charge in [0.15, 0.2) is 0 Å². The van der Waals surface area contributed by atoms with E-state index < -0.39 is 0 Å². The Labute approximate surface area is 112 Å². The number of nitrogens with zero attached hydrogens (tertiary/aromatic N) is 1. The third kappa shape index (κ3) is 3.55. The summed E-state index contributed by atoms with van der Waals surface area (Å²) in [4.78, 5) is 5.39. The smallest absolute Gasteiger partial charge is 0.124 e. The van der Waals surface area contributed by atoms with Crippen LogP contribution in [-0.4, -0.2) is 11.5 Å². The Morgan fingerprint density at radius 2 is 2.17 bits per heavy atom. The number of benzene rings is 1. The van der Waals surface area contributed by atoms with Crippen LogP contribution in [0.3, 0.4) is 0 Å². The van der Waals surface area contributed by atoms with Crippen molar-refractivity contribution in [3.8, 4) is 5.75 Å². The first-order valence-corrected chi connectivity index (χ1v) is 6.94. The van der Waals surface area contributed by atoms with Crippen molar-refractivity contribution < 1.29 is 4.74 Å². The van der Waals surface area contributed by atoms with E-state index in [1.54, 1.807) is 11.3 Å². The zero-order chi connectivity index (χ0) is 12.8. The predicted octanol–water partition coefficient (Wildman–Crippen LogP) is 3.14. The largest absolute Gasteiger partial charge is 0.488 e. The van der Waals surface area contributed by atoms with Gasteiger partial charge in [0, 0.05) is 18.3 Å². The summed E-state index contributed by atoms with van der Waals surface area (Å²) in [7, 11) is 0. The van der Waals surface area contributed by atoms with Gasteiger partial charge in [0.2, 0.25) is 0 Å². The Balaban J connectivity index is 1.99. The minimum absolute atomic E-state index is 0.592. The van der Waals surface area contributed by atoms with Crippen LogP contribution in [0.5, 0.6) is 5.75 Å². The highest BCUT2D eigenvalue weighted by Crippen LogP contribution is 2.20. The molecule has 1 heterocycles. The molecular weight excluding hydrogens is 244 g/mol. The molecule has 2 rings (SSSR count). The number of rotatable bonds is 6. The van der Waals surface area contributed by atoms with Gasteiger partial charge in [0.1, 0.15) is 12.4 Å². The molecular formula is C14H18N2OS. The first-order valence-electron chi connectivity index (χ1n) is 6.12. The number of ether oxygens (including phenoxy) is 1. The maximum atomic E-state index is 5.86. The van der Waals surface area contributed by atoms with Crippen LogP contribution >= 0.6 is 11.3 Å². The summed E-state index contributed by atoms with van der Waals surface area (Å²) in [6.45, 7) is 6.50. The number of aryl methyl sites for hydroxylation is 1. The normalized spacial score (nSPS) is 10.6. The van der Waals surface area contributed by atoms with E-state index in [1.807, 2.05) is 31.3 Å². The molecule has 0 unspecified atom stereocenters. The molecule has 0 saturated carbocycles. The summed E-state index contributed by atoms with van der Waals surface area (Å²) in [5.74, 6) is 0.949. The lowest BCUT2D eigenvalue weighted by Gasteiger charge is -2.10. The third-order valence-corrected chi connectivity index (χ3v) is 3.46. The Kier molecular flexibility index (Phi) is 4.73. The standard InChI is InChI=1S/C14H18N2OS/c1-3-15-8-12-6-4-5-7-14(12)17-10-13-9-16-11(2)18-13/h4-7,9,15H,3,8,10H2,1-2H3. The van der Waals surface area contributed by atoms with Gasteiger partial charge in [-0.1, -0.05) is 25.1 Å². The molecule has 0 aliphatic rings. The quantitative estimate of drug-likeness (QED) is 0.868. The highest BCUT2D eigenvalue weighted by atomic mass is 32.1. The lowest BCUT2D eigenvalue weighted by Crippen LogP contribution is -2.12. The van der Waals surface area contributed by atoms with Crippen molar-refractivity contribution in [3.05, 3.63) is 45.9 Å². The van der Waals surface area contributed by atoms with E-state index in [0.29, 0.717) is 6.61 Å². The summed E-state index contributed by atoms with van der Waals surface area (Å²) in [5.41, 5.74) is 1.19. The van der Waals surface area contributed by atoms with Crippen LogP contribution in [0.15, 0.2) is 30.5 Å². The van der Waals surface area contributed by atoms with Crippen molar-refractivity contribution in [2.24, 2.45) is 0 Å². The molecule has 4 heteroatoms. The molecule has 1 aromatic heterocycles. The molecule has 0 amide bonds. The van der Waals surface area contributed by atoms with Gasteiger partial charge < -0.3 is 10.1 Å². The van der Waals surface area contributed by atoms with Crippen LogP contribution in [0.2, 0.25) is 0 Å². The molecule has 0 atom stereocenters. The van der Waals surface area contributed by atoms with E-state index in [4.69, 9.17) is 4.74 Å². The van der Waals surface area contributed by atoms with Gasteiger partial charge in [-0.3, -0.25) is 0 Å².